The van der Waals surface area contributed by atoms with Crippen LogP contribution in [0.15, 0.2) is 24.3 Å². The molecular formula is C14H18N4O2. The summed E-state index contributed by atoms with van der Waals surface area (Å²) in [6.07, 6.45) is 0. The Bertz CT molecular complexity index is 634. The van der Waals surface area contributed by atoms with E-state index in [4.69, 9.17) is 10.8 Å². The van der Waals surface area contributed by atoms with Crippen molar-refractivity contribution in [1.82, 2.24) is 15.1 Å². The molecule has 0 spiro atoms. The van der Waals surface area contributed by atoms with Crippen molar-refractivity contribution < 1.29 is 9.90 Å². The summed E-state index contributed by atoms with van der Waals surface area (Å²) >= 11 is 0. The molecule has 0 aliphatic carbocycles. The molecule has 0 fully saturated rings. The number of hydrogen-bond acceptors (Lipinski definition) is 4. The lowest BCUT2D eigenvalue weighted by molar-refractivity contribution is 0.0942. The number of nitrogens with one attached hydrogen (secondary N) is 1. The first kappa shape index (κ1) is 14.1. The molecule has 0 atom stereocenters. The van der Waals surface area contributed by atoms with Gasteiger partial charge in [-0.3, -0.25) is 9.48 Å². The van der Waals surface area contributed by atoms with E-state index in [1.54, 1.807) is 14.0 Å². The van der Waals surface area contributed by atoms with E-state index in [-0.39, 0.29) is 12.5 Å². The molecule has 2 rings (SSSR count). The topological polar surface area (TPSA) is 93.2 Å². The SMILES string of the molecule is Cc1nn(C)c(C(=O)NCc2cccc(CO)c2)c1N. The molecule has 0 aliphatic heterocycles. The monoisotopic (exact) mass is 274 g/mol. The Labute approximate surface area is 117 Å². The molecule has 0 radical (unpaired) electrons. The van der Waals surface area contributed by atoms with Crippen molar-refractivity contribution in [2.45, 2.75) is 20.1 Å². The molecule has 1 heterocycles. The van der Waals surface area contributed by atoms with E-state index < -0.39 is 0 Å². The van der Waals surface area contributed by atoms with E-state index >= 15 is 0 Å². The highest BCUT2D eigenvalue weighted by Crippen LogP contribution is 2.15. The lowest BCUT2D eigenvalue weighted by Crippen LogP contribution is -2.26. The minimum absolute atomic E-state index is 0.0182. The summed E-state index contributed by atoms with van der Waals surface area (Å²) in [5.74, 6) is -0.264. The number of carbonyl (C=O) groups excluding carboxylic acids is 1. The van der Waals surface area contributed by atoms with Crippen molar-refractivity contribution in [2.24, 2.45) is 7.05 Å². The van der Waals surface area contributed by atoms with E-state index in [1.165, 1.54) is 4.68 Å². The van der Waals surface area contributed by atoms with Gasteiger partial charge in [0.2, 0.25) is 0 Å². The van der Waals surface area contributed by atoms with Gasteiger partial charge in [-0.2, -0.15) is 5.10 Å². The van der Waals surface area contributed by atoms with Crippen LogP contribution in [-0.2, 0) is 20.2 Å². The predicted octanol–water partition coefficient (Wildman–Crippen LogP) is 0.733. The van der Waals surface area contributed by atoms with Crippen molar-refractivity contribution in [3.63, 3.8) is 0 Å². The summed E-state index contributed by atoms with van der Waals surface area (Å²) in [5.41, 5.74) is 8.97. The fourth-order valence-corrected chi connectivity index (χ4v) is 2.05. The van der Waals surface area contributed by atoms with Crippen LogP contribution in [0.4, 0.5) is 5.69 Å². The van der Waals surface area contributed by atoms with Crippen LogP contribution in [0.2, 0.25) is 0 Å². The maximum atomic E-state index is 12.1. The third kappa shape index (κ3) is 2.80. The number of nitrogen functional groups attached to an aromatic ring is 1. The molecule has 6 heteroatoms. The zero-order chi connectivity index (χ0) is 14.7. The van der Waals surface area contributed by atoms with Crippen LogP contribution in [0.3, 0.4) is 0 Å². The number of carbonyl (C=O) groups is 1. The van der Waals surface area contributed by atoms with Crippen LogP contribution in [0.5, 0.6) is 0 Å². The fourth-order valence-electron chi connectivity index (χ4n) is 2.05. The highest BCUT2D eigenvalue weighted by atomic mass is 16.3. The van der Waals surface area contributed by atoms with Gasteiger partial charge in [-0.15, -0.1) is 0 Å². The highest BCUT2D eigenvalue weighted by molar-refractivity contribution is 5.97. The second-order valence-corrected chi connectivity index (χ2v) is 4.63. The molecule has 1 amide bonds. The van der Waals surface area contributed by atoms with E-state index in [0.29, 0.717) is 23.6 Å². The molecule has 6 nitrogen and oxygen atoms in total. The number of aromatic nitrogens is 2. The standard InChI is InChI=1S/C14H18N4O2/c1-9-12(15)13(18(2)17-9)14(20)16-7-10-4-3-5-11(6-10)8-19/h3-6,19H,7-8,15H2,1-2H3,(H,16,20). The molecule has 106 valence electrons. The molecule has 20 heavy (non-hydrogen) atoms. The Morgan fingerprint density at radius 1 is 1.45 bits per heavy atom. The quantitative estimate of drug-likeness (QED) is 0.766. The minimum atomic E-state index is -0.264. The van der Waals surface area contributed by atoms with Crippen LogP contribution in [0.1, 0.15) is 27.3 Å². The maximum Gasteiger partial charge on any atom is 0.271 e. The molecule has 0 aliphatic rings. The Balaban J connectivity index is 2.08. The largest absolute Gasteiger partial charge is 0.395 e. The summed E-state index contributed by atoms with van der Waals surface area (Å²) in [5, 5.41) is 16.0. The van der Waals surface area contributed by atoms with Gasteiger partial charge in [0, 0.05) is 13.6 Å². The number of aryl methyl sites for hydroxylation is 2. The van der Waals surface area contributed by atoms with E-state index in [9.17, 15) is 4.79 Å². The number of hydrogen-bond donors (Lipinski definition) is 3. The average Bonchev–Trinajstić information content (AvgIpc) is 2.70. The van der Waals surface area contributed by atoms with Gasteiger partial charge in [-0.1, -0.05) is 24.3 Å². The maximum absolute atomic E-state index is 12.1. The Morgan fingerprint density at radius 2 is 2.15 bits per heavy atom. The van der Waals surface area contributed by atoms with Crippen LogP contribution < -0.4 is 11.1 Å². The highest BCUT2D eigenvalue weighted by Gasteiger charge is 2.17. The Hall–Kier alpha value is -2.34. The number of aliphatic hydroxyl groups is 1. The van der Waals surface area contributed by atoms with E-state index in [0.717, 1.165) is 11.1 Å². The van der Waals surface area contributed by atoms with E-state index in [2.05, 4.69) is 10.4 Å². The summed E-state index contributed by atoms with van der Waals surface area (Å²) in [6.45, 7) is 2.11. The van der Waals surface area contributed by atoms with Crippen molar-refractivity contribution in [2.75, 3.05) is 5.73 Å². The Kier molecular flexibility index (Phi) is 4.05. The van der Waals surface area contributed by atoms with Crippen LogP contribution in [-0.4, -0.2) is 20.8 Å². The van der Waals surface area contributed by atoms with Crippen LogP contribution in [0.25, 0.3) is 0 Å². The average molecular weight is 274 g/mol. The third-order valence-corrected chi connectivity index (χ3v) is 3.11. The fraction of sp³-hybridized carbons (Fsp3) is 0.286. The lowest BCUT2D eigenvalue weighted by atomic mass is 10.1. The third-order valence-electron chi connectivity index (χ3n) is 3.11. The summed E-state index contributed by atoms with van der Waals surface area (Å²) in [6, 6.07) is 7.40. The van der Waals surface area contributed by atoms with Gasteiger partial charge in [-0.05, 0) is 18.1 Å². The van der Waals surface area contributed by atoms with Gasteiger partial charge >= 0.3 is 0 Å². The molecule has 4 N–H and O–H groups in total. The van der Waals surface area contributed by atoms with Gasteiger partial charge in [-0.25, -0.2) is 0 Å². The van der Waals surface area contributed by atoms with Gasteiger partial charge in [0.1, 0.15) is 5.69 Å². The van der Waals surface area contributed by atoms with Gasteiger partial charge in [0.25, 0.3) is 5.91 Å². The number of aliphatic hydroxyl groups excluding tert-OH is 1. The second-order valence-electron chi connectivity index (χ2n) is 4.63. The minimum Gasteiger partial charge on any atom is -0.395 e. The van der Waals surface area contributed by atoms with Gasteiger partial charge < -0.3 is 16.2 Å². The molecule has 1 aromatic carbocycles. The molecule has 2 aromatic rings. The molecule has 0 saturated heterocycles. The lowest BCUT2D eigenvalue weighted by Gasteiger charge is -2.07. The summed E-state index contributed by atoms with van der Waals surface area (Å²) in [7, 11) is 1.69. The first-order valence-corrected chi connectivity index (χ1v) is 6.29. The van der Waals surface area contributed by atoms with E-state index in [1.807, 2.05) is 24.3 Å². The predicted molar refractivity (Wildman–Crippen MR) is 75.9 cm³/mol. The molecule has 0 unspecified atom stereocenters. The molecule has 0 bridgehead atoms. The van der Waals surface area contributed by atoms with Gasteiger partial charge in [0.05, 0.1) is 18.0 Å². The van der Waals surface area contributed by atoms with Gasteiger partial charge in [0.15, 0.2) is 0 Å². The zero-order valence-electron chi connectivity index (χ0n) is 11.6. The van der Waals surface area contributed by atoms with Crippen LogP contribution in [0, 0.1) is 6.92 Å². The number of anilines is 1. The molecule has 0 saturated carbocycles. The van der Waals surface area contributed by atoms with Crippen molar-refractivity contribution in [1.29, 1.82) is 0 Å². The second kappa shape index (κ2) is 5.75. The molecular weight excluding hydrogens is 256 g/mol. The number of nitrogens with two attached hydrogens (primary N) is 1. The number of amides is 1. The number of nitrogens with zero attached hydrogens (tertiary/aromatic N) is 2. The zero-order valence-corrected chi connectivity index (χ0v) is 11.6. The number of rotatable bonds is 4. The van der Waals surface area contributed by atoms with Crippen molar-refractivity contribution in [3.05, 3.63) is 46.8 Å². The first-order chi connectivity index (χ1) is 9.52. The number of benzene rings is 1. The van der Waals surface area contributed by atoms with Crippen molar-refractivity contribution >= 4 is 11.6 Å². The molecule has 1 aromatic heterocycles. The first-order valence-electron chi connectivity index (χ1n) is 6.29. The Morgan fingerprint density at radius 3 is 2.75 bits per heavy atom. The normalized spacial score (nSPS) is 10.6. The summed E-state index contributed by atoms with van der Waals surface area (Å²) < 4.78 is 1.48. The smallest absolute Gasteiger partial charge is 0.271 e. The summed E-state index contributed by atoms with van der Waals surface area (Å²) in [4.78, 5) is 12.1. The van der Waals surface area contributed by atoms with Crippen LogP contribution >= 0.6 is 0 Å². The van der Waals surface area contributed by atoms with Crippen molar-refractivity contribution in [3.8, 4) is 0 Å².